The number of rotatable bonds is 2. The van der Waals surface area contributed by atoms with Crippen molar-refractivity contribution in [3.05, 3.63) is 71.6 Å². The van der Waals surface area contributed by atoms with Gasteiger partial charge >= 0.3 is 0 Å². The Kier molecular flexibility index (Phi) is 3.58. The first-order valence-electron chi connectivity index (χ1n) is 9.79. The van der Waals surface area contributed by atoms with E-state index < -0.39 is 18.1 Å². The first-order valence-corrected chi connectivity index (χ1v) is 9.79. The van der Waals surface area contributed by atoms with Gasteiger partial charge in [0.1, 0.15) is 5.82 Å². The zero-order valence-corrected chi connectivity index (χ0v) is 15.4. The third-order valence-corrected chi connectivity index (χ3v) is 6.55. The number of Topliss-reactive ketones (excluding diaryl/α,β-unsaturated/α-hetero) is 2. The summed E-state index contributed by atoms with van der Waals surface area (Å²) in [6.45, 7) is 0.302. The lowest BCUT2D eigenvalue weighted by Gasteiger charge is -2.35. The van der Waals surface area contributed by atoms with Gasteiger partial charge in [0.25, 0.3) is 0 Å². The second-order valence-corrected chi connectivity index (χ2v) is 7.98. The third-order valence-electron chi connectivity index (χ3n) is 6.55. The third kappa shape index (κ3) is 2.33. The lowest BCUT2D eigenvalue weighted by atomic mass is 9.77. The highest BCUT2D eigenvalue weighted by Gasteiger charge is 2.63. The molecule has 2 unspecified atom stereocenters. The molecule has 6 atom stereocenters. The molecule has 6 rings (SSSR count). The van der Waals surface area contributed by atoms with Crippen LogP contribution in [0.1, 0.15) is 15.9 Å². The van der Waals surface area contributed by atoms with E-state index in [0.29, 0.717) is 12.2 Å². The average Bonchev–Trinajstić information content (AvgIpc) is 3.33. The number of ketones is 2. The standard InChI is InChI=1S/C23H18FNO4/c24-14-8-5-13(6-9-14)21(26)20-19-17-11-28-23(29-17)22(27)18(19)16-10-7-12-3-1-2-4-15(12)25(16)20/h1-10,16-20,23H,11H2/t16-,17?,18-,19+,20+,23?/m1/s1. The maximum Gasteiger partial charge on any atom is 0.218 e. The normalized spacial score (nSPS) is 34.0. The van der Waals surface area contributed by atoms with Crippen molar-refractivity contribution in [1.82, 2.24) is 0 Å². The Labute approximate surface area is 166 Å². The van der Waals surface area contributed by atoms with E-state index in [-0.39, 0.29) is 35.5 Å². The van der Waals surface area contributed by atoms with Crippen LogP contribution in [0, 0.1) is 17.7 Å². The van der Waals surface area contributed by atoms with Gasteiger partial charge in [-0.25, -0.2) is 4.39 Å². The summed E-state index contributed by atoms with van der Waals surface area (Å²) in [6, 6.07) is 12.6. The fourth-order valence-electron chi connectivity index (χ4n) is 5.36. The van der Waals surface area contributed by atoms with Crippen molar-refractivity contribution >= 4 is 23.3 Å². The molecule has 0 spiro atoms. The molecule has 3 fully saturated rings. The van der Waals surface area contributed by atoms with E-state index in [1.54, 1.807) is 0 Å². The molecule has 0 aromatic heterocycles. The smallest absolute Gasteiger partial charge is 0.218 e. The number of fused-ring (bicyclic) bond motifs is 8. The van der Waals surface area contributed by atoms with Gasteiger partial charge in [-0.05, 0) is 35.9 Å². The van der Waals surface area contributed by atoms with Gasteiger partial charge in [0.2, 0.25) is 6.29 Å². The second-order valence-electron chi connectivity index (χ2n) is 7.98. The largest absolute Gasteiger partial charge is 0.353 e. The number of carbonyl (C=O) groups is 2. The number of ether oxygens (including phenoxy) is 2. The monoisotopic (exact) mass is 391 g/mol. The maximum absolute atomic E-state index is 13.7. The van der Waals surface area contributed by atoms with Crippen LogP contribution in [0.4, 0.5) is 10.1 Å². The van der Waals surface area contributed by atoms with E-state index in [1.807, 2.05) is 36.4 Å². The van der Waals surface area contributed by atoms with E-state index in [4.69, 9.17) is 9.47 Å². The SMILES string of the molecule is O=C1C2OCC(O2)[C@H]2[C@H]1[C@H]1C=Cc3ccccc3N1[C@@H]2C(=O)c1ccc(F)cc1. The van der Waals surface area contributed by atoms with Crippen molar-refractivity contribution in [2.24, 2.45) is 11.8 Å². The summed E-state index contributed by atoms with van der Waals surface area (Å²) in [5.74, 6) is -1.32. The summed E-state index contributed by atoms with van der Waals surface area (Å²) in [5, 5.41) is 0. The van der Waals surface area contributed by atoms with Crippen LogP contribution < -0.4 is 4.90 Å². The van der Waals surface area contributed by atoms with Crippen molar-refractivity contribution in [2.75, 3.05) is 11.5 Å². The number of hydrogen-bond donors (Lipinski definition) is 0. The van der Waals surface area contributed by atoms with Gasteiger partial charge in [-0.15, -0.1) is 0 Å². The fraction of sp³-hybridized carbons (Fsp3) is 0.304. The number of hydrogen-bond acceptors (Lipinski definition) is 5. The highest BCUT2D eigenvalue weighted by atomic mass is 19.1. The van der Waals surface area contributed by atoms with Crippen LogP contribution in [0.25, 0.3) is 6.08 Å². The van der Waals surface area contributed by atoms with E-state index in [0.717, 1.165) is 11.3 Å². The minimum absolute atomic E-state index is 0.0998. The Hall–Kier alpha value is -2.83. The van der Waals surface area contributed by atoms with Crippen molar-refractivity contribution in [1.29, 1.82) is 0 Å². The molecule has 0 saturated carbocycles. The highest BCUT2D eigenvalue weighted by molar-refractivity contribution is 6.05. The topological polar surface area (TPSA) is 55.8 Å². The molecule has 146 valence electrons. The molecule has 4 aliphatic heterocycles. The predicted molar refractivity (Wildman–Crippen MR) is 103 cm³/mol. The summed E-state index contributed by atoms with van der Waals surface area (Å²) < 4.78 is 24.8. The predicted octanol–water partition coefficient (Wildman–Crippen LogP) is 2.85. The number of anilines is 1. The Bertz CT molecular complexity index is 1050. The first-order chi connectivity index (χ1) is 14.1. The van der Waals surface area contributed by atoms with Crippen LogP contribution in [-0.4, -0.2) is 42.7 Å². The molecule has 0 amide bonds. The van der Waals surface area contributed by atoms with Crippen LogP contribution in [0.15, 0.2) is 54.6 Å². The Morgan fingerprint density at radius 3 is 2.72 bits per heavy atom. The summed E-state index contributed by atoms with van der Waals surface area (Å²) in [7, 11) is 0. The molecular weight excluding hydrogens is 373 g/mol. The minimum Gasteiger partial charge on any atom is -0.353 e. The van der Waals surface area contributed by atoms with Gasteiger partial charge in [-0.3, -0.25) is 9.59 Å². The lowest BCUT2D eigenvalue weighted by Crippen LogP contribution is -2.48. The van der Waals surface area contributed by atoms with Gasteiger partial charge in [0.05, 0.1) is 30.7 Å². The van der Waals surface area contributed by atoms with Crippen LogP contribution in [-0.2, 0) is 14.3 Å². The lowest BCUT2D eigenvalue weighted by molar-refractivity contribution is -0.163. The number of carbonyl (C=O) groups excluding carboxylic acids is 2. The molecule has 2 aromatic carbocycles. The Balaban J connectivity index is 1.52. The molecule has 0 N–H and O–H groups in total. The van der Waals surface area contributed by atoms with E-state index in [2.05, 4.69) is 4.90 Å². The van der Waals surface area contributed by atoms with Crippen LogP contribution in [0.2, 0.25) is 0 Å². The molecule has 2 bridgehead atoms. The van der Waals surface area contributed by atoms with Crippen LogP contribution in [0.5, 0.6) is 0 Å². The number of halogens is 1. The van der Waals surface area contributed by atoms with E-state index >= 15 is 0 Å². The summed E-state index contributed by atoms with van der Waals surface area (Å²) >= 11 is 0. The maximum atomic E-state index is 13.7. The summed E-state index contributed by atoms with van der Waals surface area (Å²) in [4.78, 5) is 28.8. The number of nitrogens with zero attached hydrogens (tertiary/aromatic N) is 1. The van der Waals surface area contributed by atoms with Crippen LogP contribution in [0.3, 0.4) is 0 Å². The second kappa shape index (κ2) is 6.08. The van der Waals surface area contributed by atoms with Crippen molar-refractivity contribution < 1.29 is 23.5 Å². The number of para-hydroxylation sites is 1. The molecule has 4 aliphatic rings. The molecular formula is C23H18FNO4. The average molecular weight is 391 g/mol. The molecule has 0 radical (unpaired) electrons. The molecule has 0 aliphatic carbocycles. The number of benzene rings is 2. The molecule has 6 heteroatoms. The Morgan fingerprint density at radius 1 is 1.10 bits per heavy atom. The zero-order chi connectivity index (χ0) is 19.7. The first kappa shape index (κ1) is 17.1. The summed E-state index contributed by atoms with van der Waals surface area (Å²) in [6.07, 6.45) is 2.88. The van der Waals surface area contributed by atoms with Gasteiger partial charge in [-0.2, -0.15) is 0 Å². The quantitative estimate of drug-likeness (QED) is 0.737. The molecule has 2 aromatic rings. The van der Waals surface area contributed by atoms with E-state index in [9.17, 15) is 14.0 Å². The fourth-order valence-corrected chi connectivity index (χ4v) is 5.36. The van der Waals surface area contributed by atoms with Crippen molar-refractivity contribution in [3.8, 4) is 0 Å². The van der Waals surface area contributed by atoms with E-state index in [1.165, 1.54) is 24.3 Å². The van der Waals surface area contributed by atoms with Crippen molar-refractivity contribution in [3.63, 3.8) is 0 Å². The molecule has 29 heavy (non-hydrogen) atoms. The molecule has 3 saturated heterocycles. The van der Waals surface area contributed by atoms with Crippen LogP contribution >= 0.6 is 0 Å². The van der Waals surface area contributed by atoms with Crippen molar-refractivity contribution in [2.45, 2.75) is 24.5 Å². The Morgan fingerprint density at radius 2 is 1.90 bits per heavy atom. The molecule has 4 heterocycles. The summed E-state index contributed by atoms with van der Waals surface area (Å²) in [5.41, 5.74) is 2.37. The molecule has 5 nitrogen and oxygen atoms in total. The van der Waals surface area contributed by atoms with Gasteiger partial charge in [-0.1, -0.05) is 30.4 Å². The van der Waals surface area contributed by atoms with Gasteiger partial charge in [0.15, 0.2) is 11.6 Å². The van der Waals surface area contributed by atoms with Gasteiger partial charge < -0.3 is 14.4 Å². The zero-order valence-electron chi connectivity index (χ0n) is 15.4. The highest BCUT2D eigenvalue weighted by Crippen LogP contribution is 2.50. The van der Waals surface area contributed by atoms with Gasteiger partial charge in [0, 0.05) is 17.2 Å². The minimum atomic E-state index is -0.839.